The van der Waals surface area contributed by atoms with Crippen molar-refractivity contribution in [3.63, 3.8) is 0 Å². The van der Waals surface area contributed by atoms with E-state index in [0.29, 0.717) is 0 Å². The van der Waals surface area contributed by atoms with Gasteiger partial charge in [0.05, 0.1) is 22.5 Å². The highest BCUT2D eigenvalue weighted by Crippen LogP contribution is 2.79. The van der Waals surface area contributed by atoms with Crippen LogP contribution in [0.5, 0.6) is 0 Å². The standard InChI is InChI=1S/C16H20O7/c1-12(2,20)14-4-6(17)8(14)15(21)5-7-16(23-7)11(19)22-10(9(14)18)13(15,16)3/h7-10,18,20-21H,4-5H2,1-3H3/t7-,8+,9+,10-,13-,14?,15?,16+/m1/s1. The van der Waals surface area contributed by atoms with Crippen LogP contribution in [-0.4, -0.2) is 62.2 Å². The van der Waals surface area contributed by atoms with Crippen molar-refractivity contribution >= 4 is 11.8 Å². The van der Waals surface area contributed by atoms with Gasteiger partial charge in [-0.15, -0.1) is 0 Å². The second-order valence-corrected chi connectivity index (χ2v) is 8.62. The maximum absolute atomic E-state index is 12.4. The van der Waals surface area contributed by atoms with Crippen molar-refractivity contribution in [3.8, 4) is 0 Å². The molecule has 8 atom stereocenters. The Bertz CT molecular complexity index is 682. The van der Waals surface area contributed by atoms with Crippen LogP contribution in [-0.2, 0) is 19.1 Å². The van der Waals surface area contributed by atoms with E-state index in [-0.39, 0.29) is 18.6 Å². The number of hydrogen-bond acceptors (Lipinski definition) is 7. The van der Waals surface area contributed by atoms with Crippen LogP contribution in [0, 0.1) is 16.7 Å². The molecular formula is C16H20O7. The van der Waals surface area contributed by atoms with Gasteiger partial charge in [0.15, 0.2) is 0 Å². The number of carbonyl (C=O) groups excluding carboxylic acids is 2. The first kappa shape index (κ1) is 14.3. The zero-order chi connectivity index (χ0) is 16.8. The number of hydrogen-bond donors (Lipinski definition) is 3. The molecule has 2 aliphatic heterocycles. The number of rotatable bonds is 1. The van der Waals surface area contributed by atoms with Crippen molar-refractivity contribution in [1.82, 2.24) is 0 Å². The largest absolute Gasteiger partial charge is 0.457 e. The monoisotopic (exact) mass is 324 g/mol. The summed E-state index contributed by atoms with van der Waals surface area (Å²) in [6.07, 6.45) is -2.61. The fourth-order valence-corrected chi connectivity index (χ4v) is 6.43. The summed E-state index contributed by atoms with van der Waals surface area (Å²) >= 11 is 0. The number of carbonyl (C=O) groups is 2. The van der Waals surface area contributed by atoms with E-state index in [1.807, 2.05) is 0 Å². The summed E-state index contributed by atoms with van der Waals surface area (Å²) in [6.45, 7) is 4.72. The first-order chi connectivity index (χ1) is 10.5. The third-order valence-electron chi connectivity index (χ3n) is 7.73. The lowest BCUT2D eigenvalue weighted by Gasteiger charge is -2.68. The molecule has 3 aliphatic carbocycles. The molecule has 0 bridgehead atoms. The summed E-state index contributed by atoms with van der Waals surface area (Å²) in [5.41, 5.74) is -6.59. The molecule has 3 N–H and O–H groups in total. The van der Waals surface area contributed by atoms with Gasteiger partial charge in [0, 0.05) is 18.3 Å². The zero-order valence-electron chi connectivity index (χ0n) is 13.2. The molecule has 5 aliphatic rings. The van der Waals surface area contributed by atoms with Crippen molar-refractivity contribution in [2.75, 3.05) is 0 Å². The van der Waals surface area contributed by atoms with Crippen LogP contribution < -0.4 is 0 Å². The van der Waals surface area contributed by atoms with Gasteiger partial charge in [0.25, 0.3) is 0 Å². The van der Waals surface area contributed by atoms with Gasteiger partial charge in [-0.2, -0.15) is 0 Å². The number of aliphatic hydroxyl groups excluding tert-OH is 1. The lowest BCUT2D eigenvalue weighted by atomic mass is 9.37. The molecule has 0 amide bonds. The third kappa shape index (κ3) is 0.999. The fraction of sp³-hybridized carbons (Fsp3) is 0.875. The lowest BCUT2D eigenvalue weighted by molar-refractivity contribution is -0.317. The Hall–Kier alpha value is -1.02. The maximum Gasteiger partial charge on any atom is 0.342 e. The molecule has 2 unspecified atom stereocenters. The van der Waals surface area contributed by atoms with E-state index in [9.17, 15) is 24.9 Å². The van der Waals surface area contributed by atoms with Gasteiger partial charge < -0.3 is 24.8 Å². The summed E-state index contributed by atoms with van der Waals surface area (Å²) < 4.78 is 11.0. The van der Waals surface area contributed by atoms with E-state index in [0.717, 1.165) is 0 Å². The van der Waals surface area contributed by atoms with Crippen LogP contribution in [0.3, 0.4) is 0 Å². The van der Waals surface area contributed by atoms with E-state index in [1.165, 1.54) is 13.8 Å². The normalized spacial score (nSPS) is 62.2. The van der Waals surface area contributed by atoms with E-state index < -0.39 is 57.8 Å². The molecule has 1 spiro atoms. The summed E-state index contributed by atoms with van der Waals surface area (Å²) in [7, 11) is 0. The fourth-order valence-electron chi connectivity index (χ4n) is 6.43. The summed E-state index contributed by atoms with van der Waals surface area (Å²) in [4.78, 5) is 24.8. The minimum atomic E-state index is -1.53. The molecule has 0 radical (unpaired) electrons. The molecule has 3 saturated carbocycles. The van der Waals surface area contributed by atoms with Crippen molar-refractivity contribution in [3.05, 3.63) is 0 Å². The van der Waals surface area contributed by atoms with Crippen molar-refractivity contribution in [2.24, 2.45) is 16.7 Å². The molecule has 5 fully saturated rings. The van der Waals surface area contributed by atoms with Crippen LogP contribution in [0.4, 0.5) is 0 Å². The number of epoxide rings is 1. The predicted molar refractivity (Wildman–Crippen MR) is 73.0 cm³/mol. The number of ether oxygens (including phenoxy) is 2. The molecule has 2 heterocycles. The van der Waals surface area contributed by atoms with E-state index in [2.05, 4.69) is 0 Å². The Morgan fingerprint density at radius 2 is 1.96 bits per heavy atom. The number of Topliss-reactive ketones (excluding diaryl/α,β-unsaturated/α-hetero) is 1. The molecule has 0 aromatic rings. The summed E-state index contributed by atoms with van der Waals surface area (Å²) in [5, 5.41) is 33.2. The van der Waals surface area contributed by atoms with Crippen LogP contribution in [0.1, 0.15) is 33.6 Å². The van der Waals surface area contributed by atoms with Crippen LogP contribution in [0.25, 0.3) is 0 Å². The average molecular weight is 324 g/mol. The molecule has 7 nitrogen and oxygen atoms in total. The van der Waals surface area contributed by atoms with Gasteiger partial charge in [-0.3, -0.25) is 4.79 Å². The Kier molecular flexibility index (Phi) is 2.01. The van der Waals surface area contributed by atoms with E-state index in [1.54, 1.807) is 6.92 Å². The SMILES string of the molecule is CC(C)(O)C12CC(=O)[C@@H]1C1(O)C[C@H]3O[C@]34C(=O)O[C@H]([C@@H]2O)[C@]14C. The topological polar surface area (TPSA) is 117 Å². The predicted octanol–water partition coefficient (Wildman–Crippen LogP) is -1.09. The number of esters is 1. The Balaban J connectivity index is 1.78. The van der Waals surface area contributed by atoms with E-state index >= 15 is 0 Å². The minimum absolute atomic E-state index is 0.0344. The number of ketones is 1. The molecule has 5 rings (SSSR count). The first-order valence-corrected chi connectivity index (χ1v) is 8.03. The van der Waals surface area contributed by atoms with Gasteiger partial charge in [-0.25, -0.2) is 4.79 Å². The minimum Gasteiger partial charge on any atom is -0.457 e. The molecular weight excluding hydrogens is 304 g/mol. The van der Waals surface area contributed by atoms with Crippen molar-refractivity contribution in [2.45, 2.75) is 68.7 Å². The Labute approximate surface area is 132 Å². The lowest BCUT2D eigenvalue weighted by Crippen LogP contribution is -2.82. The Morgan fingerprint density at radius 1 is 1.30 bits per heavy atom. The van der Waals surface area contributed by atoms with E-state index in [4.69, 9.17) is 9.47 Å². The van der Waals surface area contributed by atoms with Crippen LogP contribution in [0.2, 0.25) is 0 Å². The average Bonchev–Trinajstić information content (AvgIpc) is 3.00. The van der Waals surface area contributed by atoms with Gasteiger partial charge in [-0.1, -0.05) is 0 Å². The molecule has 0 aromatic carbocycles. The maximum atomic E-state index is 12.4. The first-order valence-electron chi connectivity index (χ1n) is 8.03. The second kappa shape index (κ2) is 3.22. The molecule has 7 heteroatoms. The highest BCUT2D eigenvalue weighted by atomic mass is 16.7. The molecule has 126 valence electrons. The summed E-state index contributed by atoms with van der Waals surface area (Å²) in [5.74, 6) is -1.69. The molecule has 23 heavy (non-hydrogen) atoms. The van der Waals surface area contributed by atoms with Gasteiger partial charge in [0.1, 0.15) is 24.1 Å². The smallest absolute Gasteiger partial charge is 0.342 e. The van der Waals surface area contributed by atoms with Crippen LogP contribution in [0.15, 0.2) is 0 Å². The third-order valence-corrected chi connectivity index (χ3v) is 7.73. The van der Waals surface area contributed by atoms with Gasteiger partial charge in [0.2, 0.25) is 5.60 Å². The van der Waals surface area contributed by atoms with Gasteiger partial charge >= 0.3 is 5.97 Å². The van der Waals surface area contributed by atoms with Crippen molar-refractivity contribution in [1.29, 1.82) is 0 Å². The number of aliphatic hydroxyl groups is 3. The molecule has 2 saturated heterocycles. The van der Waals surface area contributed by atoms with Crippen LogP contribution >= 0.6 is 0 Å². The quantitative estimate of drug-likeness (QED) is 0.414. The Morgan fingerprint density at radius 3 is 2.52 bits per heavy atom. The van der Waals surface area contributed by atoms with Crippen molar-refractivity contribution < 1.29 is 34.4 Å². The van der Waals surface area contributed by atoms with Gasteiger partial charge in [-0.05, 0) is 20.8 Å². The molecule has 0 aromatic heterocycles. The number of fused-ring (bicyclic) bond motifs is 2. The highest BCUT2D eigenvalue weighted by Gasteiger charge is 2.97. The highest BCUT2D eigenvalue weighted by molar-refractivity contribution is 5.95. The zero-order valence-corrected chi connectivity index (χ0v) is 13.2. The summed E-state index contributed by atoms with van der Waals surface area (Å²) in [6, 6.07) is 0. The second-order valence-electron chi connectivity index (χ2n) is 8.62.